The molecule has 1 N–H and O–H groups in total. The zero-order valence-corrected chi connectivity index (χ0v) is 15.3. The van der Waals surface area contributed by atoms with Gasteiger partial charge in [0.2, 0.25) is 11.0 Å². The van der Waals surface area contributed by atoms with Crippen molar-refractivity contribution < 1.29 is 13.1 Å². The maximum Gasteiger partial charge on any atom is 0.768 e. The summed E-state index contributed by atoms with van der Waals surface area (Å²) in [6.07, 6.45) is 0. The molecule has 4 heterocycles. The van der Waals surface area contributed by atoms with E-state index >= 15 is 0 Å². The quantitative estimate of drug-likeness (QED) is 0.424. The Morgan fingerprint density at radius 1 is 1.00 bits per heavy atom. The summed E-state index contributed by atoms with van der Waals surface area (Å²) in [4.78, 5) is 12.9. The molecule has 0 radical (unpaired) electrons. The van der Waals surface area contributed by atoms with Gasteiger partial charge < -0.3 is 0 Å². The largest absolute Gasteiger partial charge is 0.768 e. The molecule has 4 rings (SSSR count). The Bertz CT molecular complexity index is 1190. The van der Waals surface area contributed by atoms with Gasteiger partial charge in [0.1, 0.15) is 0 Å². The van der Waals surface area contributed by atoms with Crippen LogP contribution >= 0.6 is 11.6 Å². The van der Waals surface area contributed by atoms with Crippen LogP contribution in [0.5, 0.6) is 0 Å². The molecule has 0 amide bonds. The molecule has 0 fully saturated rings. The van der Waals surface area contributed by atoms with Crippen LogP contribution in [0.3, 0.4) is 0 Å². The molecule has 0 aliphatic heterocycles. The van der Waals surface area contributed by atoms with Gasteiger partial charge in [-0.05, 0) is 67.4 Å². The maximum atomic E-state index is 13.8. The molecule has 4 aromatic heterocycles. The number of aromatic nitrogens is 4. The average Bonchev–Trinajstić information content (AvgIpc) is 2.60. The third-order valence-electron chi connectivity index (χ3n) is 4.24. The Morgan fingerprint density at radius 3 is 2.56 bits per heavy atom. The monoisotopic (exact) mass is 384 g/mol. The smallest absolute Gasteiger partial charge is 0.259 e. The SMILES string of the molecule is Cc1cc(C)c2ccc(Nc3ccc4ccc(Cl)nc4[n+]3B(F)F)nc2n1. The predicted molar refractivity (Wildman–Crippen MR) is 103 cm³/mol. The molecule has 134 valence electrons. The van der Waals surface area contributed by atoms with Gasteiger partial charge in [-0.15, -0.1) is 0 Å². The van der Waals surface area contributed by atoms with E-state index in [4.69, 9.17) is 11.6 Å². The summed E-state index contributed by atoms with van der Waals surface area (Å²) in [5, 5.41) is 4.57. The predicted octanol–water partition coefficient (Wildman–Crippen LogP) is 4.25. The summed E-state index contributed by atoms with van der Waals surface area (Å²) in [6, 6.07) is 12.1. The molecular weight excluding hydrogens is 370 g/mol. The molecule has 0 aliphatic rings. The van der Waals surface area contributed by atoms with Gasteiger partial charge in [-0.1, -0.05) is 4.98 Å². The molecule has 0 aromatic carbocycles. The summed E-state index contributed by atoms with van der Waals surface area (Å²) in [5.74, 6) is 0.569. The number of hydrogen-bond donors (Lipinski definition) is 1. The molecular formula is C18H14BClF2N5+. The molecule has 0 bridgehead atoms. The topological polar surface area (TPSA) is 54.6 Å². The van der Waals surface area contributed by atoms with E-state index in [-0.39, 0.29) is 16.6 Å². The van der Waals surface area contributed by atoms with E-state index in [2.05, 4.69) is 20.3 Å². The molecule has 0 atom stereocenters. The highest BCUT2D eigenvalue weighted by molar-refractivity contribution is 6.33. The van der Waals surface area contributed by atoms with Gasteiger partial charge >= 0.3 is 7.40 Å². The van der Waals surface area contributed by atoms with Crippen molar-refractivity contribution in [3.05, 3.63) is 58.9 Å². The lowest BCUT2D eigenvalue weighted by molar-refractivity contribution is -0.511. The summed E-state index contributed by atoms with van der Waals surface area (Å²) in [7, 11) is -2.80. The van der Waals surface area contributed by atoms with E-state index in [1.165, 1.54) is 0 Å². The number of nitrogens with zero attached hydrogens (tertiary/aromatic N) is 4. The molecule has 9 heteroatoms. The van der Waals surface area contributed by atoms with Gasteiger partial charge in [0.15, 0.2) is 11.5 Å². The van der Waals surface area contributed by atoms with Crippen LogP contribution in [0, 0.1) is 13.8 Å². The van der Waals surface area contributed by atoms with Gasteiger partial charge in [-0.25, -0.2) is 18.1 Å². The first-order valence-corrected chi connectivity index (χ1v) is 8.61. The Morgan fingerprint density at radius 2 is 1.78 bits per heavy atom. The number of fused-ring (bicyclic) bond motifs is 2. The van der Waals surface area contributed by atoms with Crippen LogP contribution in [0.4, 0.5) is 20.3 Å². The summed E-state index contributed by atoms with van der Waals surface area (Å²) >= 11 is 5.89. The van der Waals surface area contributed by atoms with Crippen molar-refractivity contribution in [3.63, 3.8) is 0 Å². The highest BCUT2D eigenvalue weighted by atomic mass is 35.5. The third-order valence-corrected chi connectivity index (χ3v) is 4.45. The van der Waals surface area contributed by atoms with Crippen LogP contribution < -0.4 is 9.79 Å². The fraction of sp³-hybridized carbons (Fsp3) is 0.111. The first-order valence-electron chi connectivity index (χ1n) is 8.23. The Balaban J connectivity index is 1.83. The highest BCUT2D eigenvalue weighted by Gasteiger charge is 2.30. The Hall–Kier alpha value is -2.87. The lowest BCUT2D eigenvalue weighted by Gasteiger charge is -2.09. The Kier molecular flexibility index (Phi) is 4.35. The minimum absolute atomic E-state index is 0.0908. The lowest BCUT2D eigenvalue weighted by atomic mass is 10.1. The average molecular weight is 385 g/mol. The van der Waals surface area contributed by atoms with Gasteiger partial charge in [0.25, 0.3) is 5.65 Å². The number of hydrogen-bond acceptors (Lipinski definition) is 4. The van der Waals surface area contributed by atoms with Crippen LogP contribution in [0.1, 0.15) is 11.3 Å². The van der Waals surface area contributed by atoms with Gasteiger partial charge in [-0.2, -0.15) is 4.98 Å². The second-order valence-electron chi connectivity index (χ2n) is 6.19. The lowest BCUT2D eigenvalue weighted by Crippen LogP contribution is -2.48. The molecule has 0 unspecified atom stereocenters. The maximum absolute atomic E-state index is 13.8. The first kappa shape index (κ1) is 17.5. The first-order chi connectivity index (χ1) is 12.9. The second kappa shape index (κ2) is 6.70. The minimum atomic E-state index is -2.80. The molecule has 5 nitrogen and oxygen atoms in total. The normalized spacial score (nSPS) is 11.1. The van der Waals surface area contributed by atoms with Crippen LogP contribution in [0.25, 0.3) is 22.1 Å². The van der Waals surface area contributed by atoms with E-state index in [9.17, 15) is 8.63 Å². The van der Waals surface area contributed by atoms with E-state index in [0.29, 0.717) is 16.9 Å². The summed E-state index contributed by atoms with van der Waals surface area (Å²) in [6.45, 7) is 3.87. The molecule has 0 saturated heterocycles. The molecule has 4 aromatic rings. The number of rotatable bonds is 3. The van der Waals surface area contributed by atoms with Crippen molar-refractivity contribution in [2.24, 2.45) is 0 Å². The molecule has 27 heavy (non-hydrogen) atoms. The number of nitrogens with one attached hydrogen (secondary N) is 1. The fourth-order valence-corrected chi connectivity index (χ4v) is 3.20. The third kappa shape index (κ3) is 3.28. The van der Waals surface area contributed by atoms with Crippen LogP contribution in [-0.4, -0.2) is 22.4 Å². The zero-order valence-electron chi connectivity index (χ0n) is 14.5. The number of pyridine rings is 4. The van der Waals surface area contributed by atoms with Crippen molar-refractivity contribution in [2.75, 3.05) is 5.32 Å². The molecule has 0 saturated carbocycles. The second-order valence-corrected chi connectivity index (χ2v) is 6.57. The van der Waals surface area contributed by atoms with Crippen molar-refractivity contribution in [1.82, 2.24) is 15.0 Å². The fourth-order valence-electron chi connectivity index (χ4n) is 3.05. The number of aryl methyl sites for hydroxylation is 2. The van der Waals surface area contributed by atoms with Gasteiger partial charge in [-0.3, -0.25) is 5.32 Å². The van der Waals surface area contributed by atoms with Gasteiger partial charge in [0, 0.05) is 22.5 Å². The zero-order chi connectivity index (χ0) is 19.1. The van der Waals surface area contributed by atoms with Crippen molar-refractivity contribution in [3.8, 4) is 0 Å². The molecule has 0 aliphatic carbocycles. The van der Waals surface area contributed by atoms with E-state index in [0.717, 1.165) is 21.1 Å². The summed E-state index contributed by atoms with van der Waals surface area (Å²) < 4.78 is 28.3. The van der Waals surface area contributed by atoms with Crippen molar-refractivity contribution in [1.29, 1.82) is 0 Å². The minimum Gasteiger partial charge on any atom is -0.259 e. The standard InChI is InChI=1S/C18H13BClF2N5/c1-10-9-11(2)23-17-13(10)5-7-15(26-17)25-16-8-4-12-3-6-14(20)24-18(12)27(16)19(21)22/h3-9H,1-2H3/p+1. The van der Waals surface area contributed by atoms with Crippen molar-refractivity contribution in [2.45, 2.75) is 13.8 Å². The highest BCUT2D eigenvalue weighted by Crippen LogP contribution is 2.21. The molecule has 0 spiro atoms. The van der Waals surface area contributed by atoms with E-state index in [1.54, 1.807) is 30.3 Å². The van der Waals surface area contributed by atoms with Crippen molar-refractivity contribution >= 4 is 52.7 Å². The van der Waals surface area contributed by atoms with Crippen LogP contribution in [0.15, 0.2) is 42.5 Å². The van der Waals surface area contributed by atoms with E-state index < -0.39 is 7.40 Å². The van der Waals surface area contributed by atoms with Crippen LogP contribution in [0.2, 0.25) is 5.15 Å². The van der Waals surface area contributed by atoms with Crippen LogP contribution in [-0.2, 0) is 0 Å². The summed E-state index contributed by atoms with van der Waals surface area (Å²) in [5.41, 5.74) is 2.55. The van der Waals surface area contributed by atoms with E-state index in [1.807, 2.05) is 26.0 Å². The number of halogens is 3. The number of anilines is 2. The van der Waals surface area contributed by atoms with Gasteiger partial charge in [0.05, 0.1) is 0 Å². The Labute approximate surface area is 159 Å².